The number of nitrogens with zero attached hydrogens (tertiary/aromatic N) is 7. The van der Waals surface area contributed by atoms with Crippen LogP contribution in [-0.4, -0.2) is 52.7 Å². The summed E-state index contributed by atoms with van der Waals surface area (Å²) in [6.07, 6.45) is 2.85. The summed E-state index contributed by atoms with van der Waals surface area (Å²) >= 11 is 0. The number of para-hydroxylation sites is 1. The number of hydrogen-bond donors (Lipinski definition) is 3. The number of carboxylic acids is 1. The molecule has 0 amide bonds. The molecule has 0 aliphatic rings. The summed E-state index contributed by atoms with van der Waals surface area (Å²) in [5, 5.41) is 24.9. The first-order chi connectivity index (χ1) is 16.7. The van der Waals surface area contributed by atoms with E-state index in [0.29, 0.717) is 22.8 Å². The molecule has 12 heteroatoms. The third-order valence-electron chi connectivity index (χ3n) is 5.38. The number of nitrogens with one attached hydrogen (secondary N) is 2. The Morgan fingerprint density at radius 2 is 1.91 bits per heavy atom. The van der Waals surface area contributed by atoms with E-state index in [0.717, 1.165) is 17.1 Å². The molecule has 35 heavy (non-hydrogen) atoms. The molecular weight excluding hydrogens is 450 g/mol. The fourth-order valence-electron chi connectivity index (χ4n) is 3.77. The zero-order chi connectivity index (χ0) is 25.3. The van der Waals surface area contributed by atoms with Crippen molar-refractivity contribution in [2.24, 2.45) is 7.05 Å². The summed E-state index contributed by atoms with van der Waals surface area (Å²) < 4.78 is 9.12. The van der Waals surface area contributed by atoms with E-state index in [9.17, 15) is 9.90 Å². The Morgan fingerprint density at radius 3 is 2.51 bits per heavy atom. The highest BCUT2D eigenvalue weighted by molar-refractivity contribution is 5.94. The van der Waals surface area contributed by atoms with Gasteiger partial charge in [-0.15, -0.1) is 0 Å². The molecule has 0 fully saturated rings. The van der Waals surface area contributed by atoms with E-state index in [-0.39, 0.29) is 23.4 Å². The highest BCUT2D eigenvalue weighted by Gasteiger charge is 2.20. The summed E-state index contributed by atoms with van der Waals surface area (Å²) in [7, 11) is 3.30. The van der Waals surface area contributed by atoms with Gasteiger partial charge >= 0.3 is 5.97 Å². The van der Waals surface area contributed by atoms with Crippen LogP contribution in [-0.2, 0) is 7.05 Å². The van der Waals surface area contributed by atoms with Gasteiger partial charge in [-0.25, -0.2) is 14.8 Å². The molecule has 0 aliphatic heterocycles. The third kappa shape index (κ3) is 4.63. The highest BCUT2D eigenvalue weighted by atomic mass is 16.5. The maximum Gasteiger partial charge on any atom is 0.341 e. The molecule has 0 aliphatic carbocycles. The normalized spacial score (nSPS) is 11.1. The van der Waals surface area contributed by atoms with Crippen molar-refractivity contribution in [1.29, 1.82) is 0 Å². The number of anilines is 4. The predicted octanol–water partition coefficient (Wildman–Crippen LogP) is 3.86. The molecule has 0 unspecified atom stereocenters. The van der Waals surface area contributed by atoms with Gasteiger partial charge in [0.1, 0.15) is 11.9 Å². The molecule has 0 radical (unpaired) electrons. The molecule has 0 saturated carbocycles. The van der Waals surface area contributed by atoms with E-state index in [1.165, 1.54) is 13.3 Å². The SMILES string of the molecule is COc1c(Nc2nc(Nc3c(C)nn(C(C)C)c3C)ncc2C(=O)O)cccc1-c1ncn(C)n1. The van der Waals surface area contributed by atoms with Crippen molar-refractivity contribution in [3.8, 4) is 17.1 Å². The van der Waals surface area contributed by atoms with Crippen LogP contribution in [0.2, 0.25) is 0 Å². The van der Waals surface area contributed by atoms with Crippen molar-refractivity contribution in [2.75, 3.05) is 17.7 Å². The summed E-state index contributed by atoms with van der Waals surface area (Å²) in [6, 6.07) is 5.56. The van der Waals surface area contributed by atoms with Crippen LogP contribution in [0.3, 0.4) is 0 Å². The van der Waals surface area contributed by atoms with Crippen molar-refractivity contribution in [2.45, 2.75) is 33.7 Å². The van der Waals surface area contributed by atoms with Crippen LogP contribution in [0.4, 0.5) is 23.1 Å². The zero-order valence-corrected chi connectivity index (χ0v) is 20.4. The number of hydrogen-bond acceptors (Lipinski definition) is 9. The van der Waals surface area contributed by atoms with Gasteiger partial charge in [0.15, 0.2) is 17.4 Å². The van der Waals surface area contributed by atoms with Gasteiger partial charge in [0.25, 0.3) is 0 Å². The lowest BCUT2D eigenvalue weighted by molar-refractivity contribution is 0.0697. The van der Waals surface area contributed by atoms with Crippen LogP contribution in [0.1, 0.15) is 41.6 Å². The number of ether oxygens (including phenoxy) is 1. The first kappa shape index (κ1) is 23.7. The van der Waals surface area contributed by atoms with Gasteiger partial charge in [-0.2, -0.15) is 15.2 Å². The van der Waals surface area contributed by atoms with Crippen LogP contribution in [0.5, 0.6) is 5.75 Å². The van der Waals surface area contributed by atoms with Crippen molar-refractivity contribution < 1.29 is 14.6 Å². The molecule has 0 saturated heterocycles. The minimum atomic E-state index is -1.17. The average molecular weight is 478 g/mol. The Morgan fingerprint density at radius 1 is 1.14 bits per heavy atom. The zero-order valence-electron chi connectivity index (χ0n) is 20.4. The van der Waals surface area contributed by atoms with Crippen LogP contribution >= 0.6 is 0 Å². The molecule has 12 nitrogen and oxygen atoms in total. The standard InChI is InChI=1S/C23H27N9O3/c1-12(2)32-14(4)18(13(3)29-32)27-23-24-10-16(22(33)34)21(28-23)26-17-9-7-8-15(19(17)35-6)20-25-11-31(5)30-20/h7-12H,1-6H3,(H,33,34)(H2,24,26,27,28). The first-order valence-electron chi connectivity index (χ1n) is 10.9. The van der Waals surface area contributed by atoms with Gasteiger partial charge in [0.2, 0.25) is 5.95 Å². The summed E-state index contributed by atoms with van der Waals surface area (Å²) in [5.74, 6) is 0.0951. The predicted molar refractivity (Wildman–Crippen MR) is 131 cm³/mol. The van der Waals surface area contributed by atoms with Crippen LogP contribution in [0.15, 0.2) is 30.7 Å². The fraction of sp³-hybridized carbons (Fsp3) is 0.304. The second kappa shape index (κ2) is 9.41. The van der Waals surface area contributed by atoms with E-state index < -0.39 is 5.97 Å². The monoisotopic (exact) mass is 477 g/mol. The summed E-state index contributed by atoms with van der Waals surface area (Å²) in [5.41, 5.74) is 3.54. The Hall–Kier alpha value is -4.48. The highest BCUT2D eigenvalue weighted by Crippen LogP contribution is 2.37. The van der Waals surface area contributed by atoms with Crippen molar-refractivity contribution in [3.05, 3.63) is 47.7 Å². The Kier molecular flexibility index (Phi) is 6.36. The quantitative estimate of drug-likeness (QED) is 0.342. The van der Waals surface area contributed by atoms with E-state index in [4.69, 9.17) is 4.74 Å². The number of methoxy groups -OCH3 is 1. The molecule has 0 spiro atoms. The third-order valence-corrected chi connectivity index (χ3v) is 5.38. The maximum atomic E-state index is 11.9. The fourth-order valence-corrected chi connectivity index (χ4v) is 3.77. The Labute approximate surface area is 202 Å². The molecule has 3 N–H and O–H groups in total. The van der Waals surface area contributed by atoms with Gasteiger partial charge in [-0.1, -0.05) is 6.07 Å². The molecule has 3 heterocycles. The largest absolute Gasteiger partial charge is 0.494 e. The lowest BCUT2D eigenvalue weighted by atomic mass is 10.1. The van der Waals surface area contributed by atoms with Crippen molar-refractivity contribution in [3.63, 3.8) is 0 Å². The lowest BCUT2D eigenvalue weighted by Crippen LogP contribution is -2.10. The van der Waals surface area contributed by atoms with E-state index in [1.807, 2.05) is 38.4 Å². The van der Waals surface area contributed by atoms with Crippen LogP contribution in [0, 0.1) is 13.8 Å². The van der Waals surface area contributed by atoms with Gasteiger partial charge in [-0.05, 0) is 39.8 Å². The molecule has 0 atom stereocenters. The summed E-state index contributed by atoms with van der Waals surface area (Å²) in [6.45, 7) is 7.94. The second-order valence-corrected chi connectivity index (χ2v) is 8.22. The van der Waals surface area contributed by atoms with E-state index in [1.54, 1.807) is 30.2 Å². The maximum absolute atomic E-state index is 11.9. The average Bonchev–Trinajstić information content (AvgIpc) is 3.37. The van der Waals surface area contributed by atoms with E-state index in [2.05, 4.69) is 35.8 Å². The lowest BCUT2D eigenvalue weighted by Gasteiger charge is -2.15. The number of rotatable bonds is 8. The van der Waals surface area contributed by atoms with Gasteiger partial charge in [-0.3, -0.25) is 9.36 Å². The molecule has 4 rings (SSSR count). The smallest absolute Gasteiger partial charge is 0.341 e. The van der Waals surface area contributed by atoms with Gasteiger partial charge in [0.05, 0.1) is 35.4 Å². The summed E-state index contributed by atoms with van der Waals surface area (Å²) in [4.78, 5) is 24.9. The molecule has 3 aromatic heterocycles. The number of aromatic carboxylic acids is 1. The molecule has 182 valence electrons. The second-order valence-electron chi connectivity index (χ2n) is 8.22. The number of carbonyl (C=O) groups is 1. The molecular formula is C23H27N9O3. The molecule has 4 aromatic rings. The number of carboxylic acid groups (broad SMARTS) is 1. The topological polar surface area (TPSA) is 145 Å². The van der Waals surface area contributed by atoms with Crippen LogP contribution < -0.4 is 15.4 Å². The van der Waals surface area contributed by atoms with Gasteiger partial charge in [0, 0.05) is 19.3 Å². The minimum absolute atomic E-state index is 0.0923. The Balaban J connectivity index is 1.73. The van der Waals surface area contributed by atoms with Gasteiger partial charge < -0.3 is 20.5 Å². The minimum Gasteiger partial charge on any atom is -0.494 e. The van der Waals surface area contributed by atoms with Crippen LogP contribution in [0.25, 0.3) is 11.4 Å². The van der Waals surface area contributed by atoms with Crippen molar-refractivity contribution >= 4 is 29.1 Å². The molecule has 1 aromatic carbocycles. The first-order valence-corrected chi connectivity index (χ1v) is 10.9. The number of benzene rings is 1. The van der Waals surface area contributed by atoms with E-state index >= 15 is 0 Å². The Bertz CT molecular complexity index is 1390. The number of aryl methyl sites for hydroxylation is 2. The number of aromatic nitrogens is 7. The molecule has 0 bridgehead atoms. The van der Waals surface area contributed by atoms with Crippen molar-refractivity contribution in [1.82, 2.24) is 34.5 Å².